The first-order valence-electron chi connectivity index (χ1n) is 8.90. The number of carbonyl (C=O) groups is 1. The molecule has 0 fully saturated rings. The van der Waals surface area contributed by atoms with E-state index in [1.165, 1.54) is 11.8 Å². The quantitative estimate of drug-likeness (QED) is 0.501. The molecule has 1 aromatic heterocycles. The second kappa shape index (κ2) is 8.97. The summed E-state index contributed by atoms with van der Waals surface area (Å²) in [5, 5.41) is 4.88. The lowest BCUT2D eigenvalue weighted by molar-refractivity contribution is -0.119. The molecule has 0 radical (unpaired) electrons. The van der Waals surface area contributed by atoms with E-state index in [4.69, 9.17) is 0 Å². The molecule has 5 nitrogen and oxygen atoms in total. The fourth-order valence-corrected chi connectivity index (χ4v) is 3.65. The molecule has 1 N–H and O–H groups in total. The minimum atomic E-state index is -0.0225. The summed E-state index contributed by atoms with van der Waals surface area (Å²) in [6.45, 7) is 2.66. The molecule has 1 unspecified atom stereocenters. The summed E-state index contributed by atoms with van der Waals surface area (Å²) in [7, 11) is 3.98. The van der Waals surface area contributed by atoms with Crippen molar-refractivity contribution in [3.8, 4) is 0 Å². The van der Waals surface area contributed by atoms with Gasteiger partial charge in [-0.15, -0.1) is 0 Å². The van der Waals surface area contributed by atoms with E-state index in [-0.39, 0.29) is 11.9 Å². The Morgan fingerprint density at radius 3 is 2.52 bits per heavy atom. The summed E-state index contributed by atoms with van der Waals surface area (Å²) >= 11 is 1.45. The Hall–Kier alpha value is -2.44. The Balaban J connectivity index is 1.71. The lowest BCUT2D eigenvalue weighted by Gasteiger charge is -2.15. The number of nitrogens with one attached hydrogen (secondary N) is 1. The Labute approximate surface area is 164 Å². The molecule has 3 aromatic rings. The highest BCUT2D eigenvalue weighted by atomic mass is 32.2. The van der Waals surface area contributed by atoms with E-state index in [0.29, 0.717) is 12.3 Å². The van der Waals surface area contributed by atoms with Crippen LogP contribution < -0.4 is 5.32 Å². The summed E-state index contributed by atoms with van der Waals surface area (Å²) in [5.74, 6) is 1.08. The van der Waals surface area contributed by atoms with Crippen LogP contribution in [0.25, 0.3) is 10.9 Å². The van der Waals surface area contributed by atoms with Gasteiger partial charge in [-0.2, -0.15) is 0 Å². The van der Waals surface area contributed by atoms with E-state index in [2.05, 4.69) is 15.3 Å². The molecule has 1 amide bonds. The van der Waals surface area contributed by atoms with Gasteiger partial charge >= 0.3 is 0 Å². The minimum Gasteiger partial charge on any atom is -0.349 e. The van der Waals surface area contributed by atoms with Crippen LogP contribution in [0.3, 0.4) is 0 Å². The number of hydrogen-bond acceptors (Lipinski definition) is 5. The number of carbonyl (C=O) groups excluding carboxylic acids is 1. The van der Waals surface area contributed by atoms with Crippen molar-refractivity contribution in [1.82, 2.24) is 20.2 Å². The van der Waals surface area contributed by atoms with Crippen molar-refractivity contribution in [3.05, 3.63) is 66.0 Å². The molecule has 2 aromatic carbocycles. The molecule has 27 heavy (non-hydrogen) atoms. The van der Waals surface area contributed by atoms with Crippen molar-refractivity contribution in [3.63, 3.8) is 0 Å². The number of benzene rings is 2. The highest BCUT2D eigenvalue weighted by Crippen LogP contribution is 2.25. The molecule has 1 atom stereocenters. The van der Waals surface area contributed by atoms with Gasteiger partial charge in [0.1, 0.15) is 10.9 Å². The molecule has 0 spiro atoms. The molecule has 1 heterocycles. The molecule has 0 saturated carbocycles. The first kappa shape index (κ1) is 19.3. The van der Waals surface area contributed by atoms with Crippen LogP contribution in [0.4, 0.5) is 0 Å². The number of nitrogens with zero attached hydrogens (tertiary/aromatic N) is 3. The highest BCUT2D eigenvalue weighted by molar-refractivity contribution is 8.00. The number of hydrogen-bond donors (Lipinski definition) is 1. The zero-order valence-electron chi connectivity index (χ0n) is 15.8. The molecular weight excluding hydrogens is 356 g/mol. The van der Waals surface area contributed by atoms with Gasteiger partial charge in [-0.05, 0) is 32.6 Å². The average Bonchev–Trinajstić information content (AvgIpc) is 2.66. The van der Waals surface area contributed by atoms with Gasteiger partial charge in [0, 0.05) is 5.39 Å². The van der Waals surface area contributed by atoms with Gasteiger partial charge in [-0.25, -0.2) is 9.97 Å². The van der Waals surface area contributed by atoms with Gasteiger partial charge in [0.2, 0.25) is 5.91 Å². The second-order valence-corrected chi connectivity index (χ2v) is 7.65. The van der Waals surface area contributed by atoms with E-state index < -0.39 is 0 Å². The largest absolute Gasteiger partial charge is 0.349 e. The zero-order valence-corrected chi connectivity index (χ0v) is 16.7. The monoisotopic (exact) mass is 380 g/mol. The van der Waals surface area contributed by atoms with Gasteiger partial charge in [0.25, 0.3) is 0 Å². The van der Waals surface area contributed by atoms with E-state index in [1.807, 2.05) is 80.5 Å². The normalized spacial score (nSPS) is 12.3. The van der Waals surface area contributed by atoms with E-state index in [9.17, 15) is 4.79 Å². The molecule has 0 bridgehead atoms. The van der Waals surface area contributed by atoms with Gasteiger partial charge in [0.05, 0.1) is 23.9 Å². The average molecular weight is 381 g/mol. The number of rotatable bonds is 7. The van der Waals surface area contributed by atoms with E-state index >= 15 is 0 Å². The third-order valence-corrected chi connectivity index (χ3v) is 5.08. The molecular formula is C21H24N4OS. The third kappa shape index (κ3) is 5.28. The Kier molecular flexibility index (Phi) is 6.42. The van der Waals surface area contributed by atoms with Crippen molar-refractivity contribution < 1.29 is 4.79 Å². The lowest BCUT2D eigenvalue weighted by Crippen LogP contribution is -2.28. The second-order valence-electron chi connectivity index (χ2n) is 6.69. The fraction of sp³-hybridized carbons (Fsp3) is 0.286. The van der Waals surface area contributed by atoms with Gasteiger partial charge < -0.3 is 10.2 Å². The maximum Gasteiger partial charge on any atom is 0.230 e. The molecule has 0 aliphatic rings. The van der Waals surface area contributed by atoms with Crippen molar-refractivity contribution in [2.24, 2.45) is 0 Å². The van der Waals surface area contributed by atoms with E-state index in [0.717, 1.165) is 27.3 Å². The molecule has 140 valence electrons. The summed E-state index contributed by atoms with van der Waals surface area (Å²) in [5.41, 5.74) is 2.00. The molecule has 3 rings (SSSR count). The lowest BCUT2D eigenvalue weighted by atomic mass is 10.1. The first-order chi connectivity index (χ1) is 13.0. The summed E-state index contributed by atoms with van der Waals surface area (Å²) < 4.78 is 0. The van der Waals surface area contributed by atoms with Crippen LogP contribution in [-0.2, 0) is 11.3 Å². The predicted molar refractivity (Wildman–Crippen MR) is 111 cm³/mol. The third-order valence-electron chi connectivity index (χ3n) is 4.09. The maximum absolute atomic E-state index is 12.4. The van der Waals surface area contributed by atoms with Gasteiger partial charge in [-0.1, -0.05) is 60.3 Å². The Morgan fingerprint density at radius 1 is 1.07 bits per heavy atom. The number of thioether (sulfide) groups is 1. The first-order valence-corrected chi connectivity index (χ1v) is 9.89. The smallest absolute Gasteiger partial charge is 0.230 e. The molecule has 0 aliphatic carbocycles. The Bertz CT molecular complexity index is 914. The summed E-state index contributed by atoms with van der Waals surface area (Å²) in [6.07, 6.45) is 0. The van der Waals surface area contributed by atoms with Crippen LogP contribution in [0.1, 0.15) is 24.4 Å². The van der Waals surface area contributed by atoms with Crippen LogP contribution in [-0.4, -0.2) is 40.6 Å². The number of fused-ring (bicyclic) bond motifs is 1. The van der Waals surface area contributed by atoms with Crippen LogP contribution in [0, 0.1) is 0 Å². The zero-order chi connectivity index (χ0) is 19.2. The maximum atomic E-state index is 12.4. The van der Waals surface area contributed by atoms with Crippen LogP contribution >= 0.6 is 11.8 Å². The van der Waals surface area contributed by atoms with Gasteiger partial charge in [0.15, 0.2) is 0 Å². The molecule has 0 saturated heterocycles. The van der Waals surface area contributed by atoms with Crippen molar-refractivity contribution in [1.29, 1.82) is 0 Å². The summed E-state index contributed by atoms with van der Waals surface area (Å²) in [6, 6.07) is 17.9. The van der Waals surface area contributed by atoms with E-state index in [1.54, 1.807) is 0 Å². The van der Waals surface area contributed by atoms with Crippen molar-refractivity contribution in [2.45, 2.75) is 24.5 Å². The fourth-order valence-electron chi connectivity index (χ4n) is 2.80. The molecule has 6 heteroatoms. The predicted octanol–water partition coefficient (Wildman–Crippen LogP) is 3.66. The molecule has 0 aliphatic heterocycles. The highest BCUT2D eigenvalue weighted by Gasteiger charge is 2.13. The van der Waals surface area contributed by atoms with Crippen LogP contribution in [0.5, 0.6) is 0 Å². The number of para-hydroxylation sites is 1. The minimum absolute atomic E-state index is 0.00629. The van der Waals surface area contributed by atoms with Crippen LogP contribution in [0.15, 0.2) is 59.6 Å². The van der Waals surface area contributed by atoms with Crippen molar-refractivity contribution >= 4 is 28.6 Å². The SMILES string of the molecule is CC(NC(=O)CSc1nc(CN(C)C)nc2ccccc12)c1ccccc1. The summed E-state index contributed by atoms with van der Waals surface area (Å²) in [4.78, 5) is 23.8. The Morgan fingerprint density at radius 2 is 1.78 bits per heavy atom. The van der Waals surface area contributed by atoms with Crippen LogP contribution in [0.2, 0.25) is 0 Å². The number of amides is 1. The number of aromatic nitrogens is 2. The van der Waals surface area contributed by atoms with Crippen molar-refractivity contribution in [2.75, 3.05) is 19.8 Å². The standard InChI is InChI=1S/C21H24N4OS/c1-15(16-9-5-4-6-10-16)22-20(26)14-27-21-17-11-7-8-12-18(17)23-19(24-21)13-25(2)3/h4-12,15H,13-14H2,1-3H3,(H,22,26). The van der Waals surface area contributed by atoms with Gasteiger partial charge in [-0.3, -0.25) is 4.79 Å². The topological polar surface area (TPSA) is 58.1 Å².